The molecular weight excluding hydrogens is 294 g/mol. The summed E-state index contributed by atoms with van der Waals surface area (Å²) < 4.78 is 0. The number of aryl methyl sites for hydroxylation is 1. The molecule has 0 atom stereocenters. The average molecular weight is 315 g/mol. The van der Waals surface area contributed by atoms with Crippen molar-refractivity contribution >= 4 is 17.2 Å². The minimum Gasteiger partial charge on any atom is -0.356 e. The predicted octanol–water partition coefficient (Wildman–Crippen LogP) is 3.44. The van der Waals surface area contributed by atoms with E-state index >= 15 is 0 Å². The normalized spacial score (nSPS) is 15.1. The molecular formula is C17H21N3OS. The van der Waals surface area contributed by atoms with Crippen LogP contribution in [0.3, 0.4) is 0 Å². The van der Waals surface area contributed by atoms with Gasteiger partial charge in [0.2, 0.25) is 5.91 Å². The Labute approximate surface area is 135 Å². The second-order valence-electron chi connectivity index (χ2n) is 5.84. The van der Waals surface area contributed by atoms with Gasteiger partial charge < -0.3 is 5.32 Å². The summed E-state index contributed by atoms with van der Waals surface area (Å²) in [6.45, 7) is 0.844. The van der Waals surface area contributed by atoms with Gasteiger partial charge >= 0.3 is 0 Å². The van der Waals surface area contributed by atoms with Crippen molar-refractivity contribution in [2.75, 3.05) is 6.54 Å². The summed E-state index contributed by atoms with van der Waals surface area (Å²) in [4.78, 5) is 20.6. The molecule has 0 aromatic carbocycles. The van der Waals surface area contributed by atoms with Crippen molar-refractivity contribution in [3.05, 3.63) is 35.6 Å². The maximum atomic E-state index is 11.9. The summed E-state index contributed by atoms with van der Waals surface area (Å²) >= 11 is 1.61. The second kappa shape index (κ2) is 7.49. The summed E-state index contributed by atoms with van der Waals surface area (Å²) in [6, 6.07) is 3.91. The molecule has 116 valence electrons. The molecule has 1 fully saturated rings. The van der Waals surface area contributed by atoms with E-state index in [1.165, 1.54) is 25.7 Å². The van der Waals surface area contributed by atoms with Crippen LogP contribution >= 0.6 is 11.3 Å². The first-order chi connectivity index (χ1) is 10.8. The Morgan fingerprint density at radius 3 is 3.00 bits per heavy atom. The number of carbonyl (C=O) groups is 1. The fourth-order valence-electron chi connectivity index (χ4n) is 2.85. The van der Waals surface area contributed by atoms with Crippen molar-refractivity contribution in [2.45, 2.75) is 38.5 Å². The highest BCUT2D eigenvalue weighted by Crippen LogP contribution is 2.24. The third kappa shape index (κ3) is 4.13. The maximum Gasteiger partial charge on any atom is 0.220 e. The van der Waals surface area contributed by atoms with Crippen molar-refractivity contribution in [1.82, 2.24) is 15.3 Å². The molecule has 0 radical (unpaired) electrons. The lowest BCUT2D eigenvalue weighted by Crippen LogP contribution is -2.28. The Hall–Kier alpha value is -1.75. The van der Waals surface area contributed by atoms with Crippen LogP contribution in [0.5, 0.6) is 0 Å². The third-order valence-electron chi connectivity index (χ3n) is 4.13. The first-order valence-electron chi connectivity index (χ1n) is 7.93. The number of aromatic nitrogens is 2. The van der Waals surface area contributed by atoms with Gasteiger partial charge in [-0.2, -0.15) is 0 Å². The van der Waals surface area contributed by atoms with Crippen LogP contribution in [0.4, 0.5) is 0 Å². The summed E-state index contributed by atoms with van der Waals surface area (Å²) in [7, 11) is 0. The van der Waals surface area contributed by atoms with E-state index in [2.05, 4.69) is 15.3 Å². The predicted molar refractivity (Wildman–Crippen MR) is 88.6 cm³/mol. The standard InChI is InChI=1S/C17H21N3OS/c21-16(19-10-13-4-1-2-5-13)8-7-15-12-22-17(20-15)14-6-3-9-18-11-14/h3,6,9,11-13H,1-2,4-5,7-8,10H2,(H,19,21). The minimum atomic E-state index is 0.142. The molecule has 1 aliphatic rings. The molecule has 0 spiro atoms. The number of pyridine rings is 1. The van der Waals surface area contributed by atoms with Crippen LogP contribution < -0.4 is 5.32 Å². The van der Waals surface area contributed by atoms with E-state index in [-0.39, 0.29) is 5.91 Å². The average Bonchev–Trinajstić information content (AvgIpc) is 3.23. The highest BCUT2D eigenvalue weighted by molar-refractivity contribution is 7.13. The Bertz CT molecular complexity index is 605. The van der Waals surface area contributed by atoms with E-state index < -0.39 is 0 Å². The topological polar surface area (TPSA) is 54.9 Å². The summed E-state index contributed by atoms with van der Waals surface area (Å²) in [5.74, 6) is 0.836. The molecule has 1 N–H and O–H groups in total. The number of hydrogen-bond donors (Lipinski definition) is 1. The van der Waals surface area contributed by atoms with Gasteiger partial charge in [0.25, 0.3) is 0 Å². The van der Waals surface area contributed by atoms with Crippen LogP contribution in [0.2, 0.25) is 0 Å². The maximum absolute atomic E-state index is 11.9. The van der Waals surface area contributed by atoms with Gasteiger partial charge in [0.1, 0.15) is 5.01 Å². The molecule has 1 saturated carbocycles. The summed E-state index contributed by atoms with van der Waals surface area (Å²) in [5.41, 5.74) is 2.02. The van der Waals surface area contributed by atoms with Crippen LogP contribution in [-0.2, 0) is 11.2 Å². The van der Waals surface area contributed by atoms with Gasteiger partial charge in [0, 0.05) is 36.3 Å². The van der Waals surface area contributed by atoms with E-state index in [0.29, 0.717) is 18.8 Å². The lowest BCUT2D eigenvalue weighted by atomic mass is 10.1. The summed E-state index contributed by atoms with van der Waals surface area (Å²) in [6.07, 6.45) is 9.95. The molecule has 1 amide bonds. The molecule has 5 heteroatoms. The number of amides is 1. The Morgan fingerprint density at radius 2 is 2.23 bits per heavy atom. The number of nitrogens with one attached hydrogen (secondary N) is 1. The zero-order valence-electron chi connectivity index (χ0n) is 12.6. The van der Waals surface area contributed by atoms with E-state index in [9.17, 15) is 4.79 Å². The minimum absolute atomic E-state index is 0.142. The quantitative estimate of drug-likeness (QED) is 0.888. The van der Waals surface area contributed by atoms with Gasteiger partial charge in [-0.1, -0.05) is 12.8 Å². The first kappa shape index (κ1) is 15.2. The van der Waals surface area contributed by atoms with E-state index in [0.717, 1.165) is 22.8 Å². The fraction of sp³-hybridized carbons (Fsp3) is 0.471. The van der Waals surface area contributed by atoms with Gasteiger partial charge in [0.15, 0.2) is 0 Å². The zero-order chi connectivity index (χ0) is 15.2. The Balaban J connectivity index is 1.45. The molecule has 2 aromatic rings. The van der Waals surface area contributed by atoms with Crippen LogP contribution in [0.25, 0.3) is 10.6 Å². The van der Waals surface area contributed by atoms with E-state index in [1.54, 1.807) is 17.5 Å². The number of thiazole rings is 1. The SMILES string of the molecule is O=C(CCc1csc(-c2cccnc2)n1)NCC1CCCC1. The molecule has 0 saturated heterocycles. The van der Waals surface area contributed by atoms with Crippen LogP contribution in [0.15, 0.2) is 29.9 Å². The Morgan fingerprint density at radius 1 is 1.36 bits per heavy atom. The van der Waals surface area contributed by atoms with Crippen molar-refractivity contribution in [1.29, 1.82) is 0 Å². The number of nitrogens with zero attached hydrogens (tertiary/aromatic N) is 2. The Kier molecular flexibility index (Phi) is 5.16. The van der Waals surface area contributed by atoms with Crippen molar-refractivity contribution in [3.63, 3.8) is 0 Å². The largest absolute Gasteiger partial charge is 0.356 e. The first-order valence-corrected chi connectivity index (χ1v) is 8.81. The van der Waals surface area contributed by atoms with Gasteiger partial charge in [-0.25, -0.2) is 4.98 Å². The molecule has 0 bridgehead atoms. The second-order valence-corrected chi connectivity index (χ2v) is 6.70. The molecule has 2 aromatic heterocycles. The molecule has 2 heterocycles. The molecule has 1 aliphatic carbocycles. The molecule has 4 nitrogen and oxygen atoms in total. The van der Waals surface area contributed by atoms with Gasteiger partial charge in [-0.3, -0.25) is 9.78 Å². The zero-order valence-corrected chi connectivity index (χ0v) is 13.4. The molecule has 3 rings (SSSR count). The third-order valence-corrected chi connectivity index (χ3v) is 5.07. The van der Waals surface area contributed by atoms with Gasteiger partial charge in [0.05, 0.1) is 5.69 Å². The number of rotatable bonds is 6. The van der Waals surface area contributed by atoms with E-state index in [1.807, 2.05) is 23.7 Å². The monoisotopic (exact) mass is 315 g/mol. The highest BCUT2D eigenvalue weighted by Gasteiger charge is 2.15. The van der Waals surface area contributed by atoms with E-state index in [4.69, 9.17) is 0 Å². The lowest BCUT2D eigenvalue weighted by Gasteiger charge is -2.10. The van der Waals surface area contributed by atoms with Gasteiger partial charge in [-0.15, -0.1) is 11.3 Å². The van der Waals surface area contributed by atoms with Crippen molar-refractivity contribution in [2.24, 2.45) is 5.92 Å². The van der Waals surface area contributed by atoms with Crippen LogP contribution in [0.1, 0.15) is 37.8 Å². The number of carbonyl (C=O) groups excluding carboxylic acids is 1. The summed E-state index contributed by atoms with van der Waals surface area (Å²) in [5, 5.41) is 6.06. The molecule has 0 aliphatic heterocycles. The number of hydrogen-bond acceptors (Lipinski definition) is 4. The molecule has 0 unspecified atom stereocenters. The smallest absolute Gasteiger partial charge is 0.220 e. The highest BCUT2D eigenvalue weighted by atomic mass is 32.1. The van der Waals surface area contributed by atoms with Crippen LogP contribution in [0, 0.1) is 5.92 Å². The fourth-order valence-corrected chi connectivity index (χ4v) is 3.69. The molecule has 22 heavy (non-hydrogen) atoms. The van der Waals surface area contributed by atoms with Crippen molar-refractivity contribution in [3.8, 4) is 10.6 Å². The van der Waals surface area contributed by atoms with Gasteiger partial charge in [-0.05, 0) is 37.3 Å². The van der Waals surface area contributed by atoms with Crippen LogP contribution in [-0.4, -0.2) is 22.4 Å². The lowest BCUT2D eigenvalue weighted by molar-refractivity contribution is -0.121. The van der Waals surface area contributed by atoms with Crippen molar-refractivity contribution < 1.29 is 4.79 Å².